The maximum absolute atomic E-state index is 13.1. The lowest BCUT2D eigenvalue weighted by atomic mass is 10.1. The van der Waals surface area contributed by atoms with Crippen LogP contribution >= 0.6 is 34.4 Å². The van der Waals surface area contributed by atoms with E-state index in [-0.39, 0.29) is 5.56 Å². The molecule has 0 unspecified atom stereocenters. The summed E-state index contributed by atoms with van der Waals surface area (Å²) in [6, 6.07) is 6.14. The molecule has 124 valence electrons. The van der Waals surface area contributed by atoms with Gasteiger partial charge in [-0.15, -0.1) is 22.7 Å². The molecule has 0 aliphatic rings. The summed E-state index contributed by atoms with van der Waals surface area (Å²) in [6.45, 7) is 4.91. The van der Waals surface area contributed by atoms with Crippen molar-refractivity contribution in [3.63, 3.8) is 0 Å². The average Bonchev–Trinajstić information content (AvgIpc) is 3.20. The van der Waals surface area contributed by atoms with Gasteiger partial charge in [0.25, 0.3) is 5.56 Å². The average molecular weight is 376 g/mol. The van der Waals surface area contributed by atoms with Gasteiger partial charge in [-0.3, -0.25) is 9.36 Å². The van der Waals surface area contributed by atoms with Gasteiger partial charge in [-0.1, -0.05) is 31.7 Å². The minimum Gasteiger partial charge on any atom is -0.287 e. The van der Waals surface area contributed by atoms with Crippen LogP contribution in [0.5, 0.6) is 0 Å². The molecule has 0 radical (unpaired) electrons. The van der Waals surface area contributed by atoms with Crippen LogP contribution in [-0.2, 0) is 6.54 Å². The van der Waals surface area contributed by atoms with Crippen molar-refractivity contribution in [2.75, 3.05) is 5.75 Å². The Kier molecular flexibility index (Phi) is 5.39. The van der Waals surface area contributed by atoms with Crippen LogP contribution in [0.3, 0.4) is 0 Å². The monoisotopic (exact) mass is 375 g/mol. The van der Waals surface area contributed by atoms with Crippen molar-refractivity contribution in [1.82, 2.24) is 9.55 Å². The smallest absolute Gasteiger partial charge is 0.263 e. The normalized spacial score (nSPS) is 11.2. The summed E-state index contributed by atoms with van der Waals surface area (Å²) in [5.74, 6) is 0.795. The first-order valence-corrected chi connectivity index (χ1v) is 10.4. The van der Waals surface area contributed by atoms with E-state index < -0.39 is 0 Å². The Morgan fingerprint density at radius 3 is 2.92 bits per heavy atom. The third-order valence-corrected chi connectivity index (χ3v) is 6.26. The number of aromatic nitrogens is 2. The number of thiophene rings is 2. The van der Waals surface area contributed by atoms with Gasteiger partial charge in [0.05, 0.1) is 17.2 Å². The molecule has 0 aromatic carbocycles. The van der Waals surface area contributed by atoms with E-state index in [0.29, 0.717) is 28.8 Å². The third kappa shape index (κ3) is 3.41. The molecule has 24 heavy (non-hydrogen) atoms. The van der Waals surface area contributed by atoms with Crippen molar-refractivity contribution >= 4 is 44.7 Å². The van der Waals surface area contributed by atoms with E-state index in [9.17, 15) is 4.79 Å². The Labute approximate surface area is 152 Å². The minimum absolute atomic E-state index is 0.00531. The van der Waals surface area contributed by atoms with Gasteiger partial charge in [-0.25, -0.2) is 4.98 Å². The van der Waals surface area contributed by atoms with Gasteiger partial charge in [0.15, 0.2) is 5.16 Å². The van der Waals surface area contributed by atoms with Crippen LogP contribution in [0.2, 0.25) is 0 Å². The van der Waals surface area contributed by atoms with Gasteiger partial charge in [0.1, 0.15) is 4.83 Å². The molecule has 0 spiro atoms. The van der Waals surface area contributed by atoms with E-state index in [2.05, 4.69) is 24.9 Å². The fraction of sp³-hybridized carbons (Fsp3) is 0.353. The van der Waals surface area contributed by atoms with E-state index in [1.165, 1.54) is 23.1 Å². The lowest BCUT2D eigenvalue weighted by Gasteiger charge is -2.12. The number of hydrogen-bond donors (Lipinski definition) is 0. The van der Waals surface area contributed by atoms with E-state index in [0.717, 1.165) is 21.7 Å². The summed E-state index contributed by atoms with van der Waals surface area (Å²) in [6.07, 6.45) is 0.908. The van der Waals surface area contributed by atoms with Crippen molar-refractivity contribution in [3.8, 4) is 16.5 Å². The van der Waals surface area contributed by atoms with E-state index in [1.807, 2.05) is 22.9 Å². The number of thioether (sulfide) groups is 1. The Balaban J connectivity index is 2.16. The number of rotatable bonds is 6. The molecule has 0 saturated carbocycles. The number of nitrogens with zero attached hydrogens (tertiary/aromatic N) is 3. The second-order valence-corrected chi connectivity index (χ2v) is 8.54. The predicted octanol–water partition coefficient (Wildman–Crippen LogP) is 4.85. The Hall–Kier alpha value is -1.62. The van der Waals surface area contributed by atoms with Crippen LogP contribution in [0.1, 0.15) is 20.3 Å². The van der Waals surface area contributed by atoms with Crippen LogP contribution < -0.4 is 5.56 Å². The van der Waals surface area contributed by atoms with Crippen molar-refractivity contribution in [3.05, 3.63) is 33.2 Å². The predicted molar refractivity (Wildman–Crippen MR) is 103 cm³/mol. The van der Waals surface area contributed by atoms with Crippen LogP contribution in [0.4, 0.5) is 0 Å². The zero-order valence-electron chi connectivity index (χ0n) is 13.5. The molecule has 0 fully saturated rings. The molecule has 0 atom stereocenters. The Morgan fingerprint density at radius 2 is 2.25 bits per heavy atom. The highest BCUT2D eigenvalue weighted by atomic mass is 32.2. The fourth-order valence-corrected chi connectivity index (χ4v) is 4.90. The summed E-state index contributed by atoms with van der Waals surface area (Å²) >= 11 is 4.46. The summed E-state index contributed by atoms with van der Waals surface area (Å²) in [5, 5.41) is 14.2. The lowest BCUT2D eigenvalue weighted by molar-refractivity contribution is 0.481. The van der Waals surface area contributed by atoms with Gasteiger partial charge in [-0.05, 0) is 23.8 Å². The zero-order chi connectivity index (χ0) is 17.1. The molecule has 0 bridgehead atoms. The summed E-state index contributed by atoms with van der Waals surface area (Å²) in [5.41, 5.74) is 0.975. The molecule has 4 nitrogen and oxygen atoms in total. The molecule has 0 N–H and O–H groups in total. The van der Waals surface area contributed by atoms with Gasteiger partial charge in [0, 0.05) is 22.4 Å². The SMILES string of the molecule is CC(C)CCn1c(SCC#N)nc2scc(-c3cccs3)c2c1=O. The molecule has 0 aliphatic heterocycles. The van der Waals surface area contributed by atoms with Gasteiger partial charge < -0.3 is 0 Å². The molecular weight excluding hydrogens is 358 g/mol. The molecular formula is C17H17N3OS3. The highest BCUT2D eigenvalue weighted by molar-refractivity contribution is 7.99. The fourth-order valence-electron chi connectivity index (χ4n) is 2.41. The first-order chi connectivity index (χ1) is 11.6. The lowest BCUT2D eigenvalue weighted by Crippen LogP contribution is -2.24. The van der Waals surface area contributed by atoms with Crippen LogP contribution in [-0.4, -0.2) is 15.3 Å². The number of hydrogen-bond acceptors (Lipinski definition) is 6. The molecule has 7 heteroatoms. The highest BCUT2D eigenvalue weighted by Crippen LogP contribution is 2.34. The number of fused-ring (bicyclic) bond motifs is 1. The Morgan fingerprint density at radius 1 is 1.42 bits per heavy atom. The zero-order valence-corrected chi connectivity index (χ0v) is 15.9. The minimum atomic E-state index is 0.00531. The molecule has 3 aromatic heterocycles. The summed E-state index contributed by atoms with van der Waals surface area (Å²) < 4.78 is 1.74. The molecule has 3 rings (SSSR count). The standard InChI is InChI=1S/C17H17N3OS3/c1-11(2)5-7-20-16(21)14-12(13-4-3-8-22-13)10-24-15(14)19-17(20)23-9-6-18/h3-4,8,10-11H,5,7,9H2,1-2H3. The molecule has 0 aliphatic carbocycles. The largest absolute Gasteiger partial charge is 0.287 e. The van der Waals surface area contributed by atoms with E-state index in [1.54, 1.807) is 15.9 Å². The summed E-state index contributed by atoms with van der Waals surface area (Å²) in [4.78, 5) is 19.7. The van der Waals surface area contributed by atoms with Gasteiger partial charge in [-0.2, -0.15) is 5.26 Å². The van der Waals surface area contributed by atoms with Gasteiger partial charge in [0.2, 0.25) is 0 Å². The maximum atomic E-state index is 13.1. The highest BCUT2D eigenvalue weighted by Gasteiger charge is 2.18. The molecule has 3 heterocycles. The van der Waals surface area contributed by atoms with Crippen LogP contribution in [0.15, 0.2) is 32.8 Å². The van der Waals surface area contributed by atoms with Gasteiger partial charge >= 0.3 is 0 Å². The third-order valence-electron chi connectivity index (χ3n) is 3.64. The quantitative estimate of drug-likeness (QED) is 0.456. The van der Waals surface area contributed by atoms with Crippen LogP contribution in [0, 0.1) is 17.2 Å². The second-order valence-electron chi connectivity index (χ2n) is 5.79. The first kappa shape index (κ1) is 17.2. The van der Waals surface area contributed by atoms with Crippen molar-refractivity contribution < 1.29 is 0 Å². The molecule has 0 amide bonds. The Bertz CT molecular complexity index is 933. The topological polar surface area (TPSA) is 58.7 Å². The van der Waals surface area contributed by atoms with Crippen molar-refractivity contribution in [2.45, 2.75) is 32.0 Å². The second kappa shape index (κ2) is 7.51. The molecule has 3 aromatic rings. The van der Waals surface area contributed by atoms with Crippen molar-refractivity contribution in [2.24, 2.45) is 5.92 Å². The van der Waals surface area contributed by atoms with Crippen molar-refractivity contribution in [1.29, 1.82) is 5.26 Å². The van der Waals surface area contributed by atoms with Crippen LogP contribution in [0.25, 0.3) is 20.7 Å². The molecule has 0 saturated heterocycles. The van der Waals surface area contributed by atoms with E-state index in [4.69, 9.17) is 5.26 Å². The summed E-state index contributed by atoms with van der Waals surface area (Å²) in [7, 11) is 0. The first-order valence-electron chi connectivity index (χ1n) is 7.67. The van der Waals surface area contributed by atoms with E-state index >= 15 is 0 Å². The number of nitriles is 1. The maximum Gasteiger partial charge on any atom is 0.263 e.